The zero-order valence-corrected chi connectivity index (χ0v) is 11.9. The van der Waals surface area contributed by atoms with E-state index in [9.17, 15) is 9.18 Å². The quantitative estimate of drug-likeness (QED) is 0.841. The predicted molar refractivity (Wildman–Crippen MR) is 77.7 cm³/mol. The molecule has 2 aromatic rings. The minimum Gasteiger partial charge on any atom is -0.366 e. The smallest absolute Gasteiger partial charge is 0.272 e. The molecule has 110 valence electrons. The fraction of sp³-hybridized carbons (Fsp3) is 0.333. The summed E-state index contributed by atoms with van der Waals surface area (Å²) in [5.41, 5.74) is 1.18. The zero-order chi connectivity index (χ0) is 14.8. The van der Waals surface area contributed by atoms with Crippen molar-refractivity contribution in [1.82, 2.24) is 14.5 Å². The standard InChI is InChI=1S/C15H17FN4O/c1-18-11-17-10-14(18)15(21)20-8-6-19(7-9-20)13-5-3-2-4-12(13)16/h2-5,10-11H,6-9H2,1H3. The van der Waals surface area contributed by atoms with Crippen LogP contribution in [-0.4, -0.2) is 46.5 Å². The molecule has 1 amide bonds. The number of halogens is 1. The van der Waals surface area contributed by atoms with Crippen molar-refractivity contribution in [2.24, 2.45) is 7.05 Å². The van der Waals surface area contributed by atoms with Crippen molar-refractivity contribution < 1.29 is 9.18 Å². The van der Waals surface area contributed by atoms with Crippen LogP contribution in [0.2, 0.25) is 0 Å². The molecule has 0 N–H and O–H groups in total. The molecule has 0 unspecified atom stereocenters. The molecule has 0 atom stereocenters. The van der Waals surface area contributed by atoms with E-state index in [-0.39, 0.29) is 11.7 Å². The second-order valence-electron chi connectivity index (χ2n) is 5.12. The lowest BCUT2D eigenvalue weighted by atomic mass is 10.2. The summed E-state index contributed by atoms with van der Waals surface area (Å²) < 4.78 is 15.5. The van der Waals surface area contributed by atoms with Gasteiger partial charge >= 0.3 is 0 Å². The number of imidazole rings is 1. The Hall–Kier alpha value is -2.37. The lowest BCUT2D eigenvalue weighted by molar-refractivity contribution is 0.0737. The fourth-order valence-corrected chi connectivity index (χ4v) is 2.58. The van der Waals surface area contributed by atoms with Crippen LogP contribution in [0, 0.1) is 5.82 Å². The molecule has 6 heteroatoms. The summed E-state index contributed by atoms with van der Waals surface area (Å²) in [6.45, 7) is 2.42. The maximum Gasteiger partial charge on any atom is 0.272 e. The van der Waals surface area contributed by atoms with Gasteiger partial charge in [0.05, 0.1) is 18.2 Å². The van der Waals surface area contributed by atoms with Gasteiger partial charge in [-0.2, -0.15) is 0 Å². The van der Waals surface area contributed by atoms with Gasteiger partial charge in [0.25, 0.3) is 5.91 Å². The summed E-state index contributed by atoms with van der Waals surface area (Å²) in [6, 6.07) is 6.74. The van der Waals surface area contributed by atoms with E-state index < -0.39 is 0 Å². The van der Waals surface area contributed by atoms with Gasteiger partial charge in [-0.05, 0) is 12.1 Å². The van der Waals surface area contributed by atoms with Gasteiger partial charge in [-0.3, -0.25) is 4.79 Å². The normalized spacial score (nSPS) is 15.3. The van der Waals surface area contributed by atoms with Gasteiger partial charge in [0.1, 0.15) is 11.5 Å². The number of carbonyl (C=O) groups is 1. The van der Waals surface area contributed by atoms with Crippen LogP contribution >= 0.6 is 0 Å². The first-order valence-corrected chi connectivity index (χ1v) is 6.92. The first-order chi connectivity index (χ1) is 10.2. The molecule has 1 saturated heterocycles. The highest BCUT2D eigenvalue weighted by Crippen LogP contribution is 2.20. The van der Waals surface area contributed by atoms with E-state index in [1.807, 2.05) is 11.0 Å². The van der Waals surface area contributed by atoms with E-state index >= 15 is 0 Å². The second kappa shape index (κ2) is 5.55. The van der Waals surface area contributed by atoms with Gasteiger partial charge in [0.15, 0.2) is 0 Å². The van der Waals surface area contributed by atoms with Gasteiger partial charge in [0, 0.05) is 33.2 Å². The number of hydrogen-bond acceptors (Lipinski definition) is 3. The minimum absolute atomic E-state index is 0.0248. The van der Waals surface area contributed by atoms with Crippen LogP contribution in [0.15, 0.2) is 36.8 Å². The highest BCUT2D eigenvalue weighted by molar-refractivity contribution is 5.92. The van der Waals surface area contributed by atoms with Crippen LogP contribution in [0.5, 0.6) is 0 Å². The molecule has 1 aromatic heterocycles. The zero-order valence-electron chi connectivity index (χ0n) is 11.9. The summed E-state index contributed by atoms with van der Waals surface area (Å²) in [4.78, 5) is 20.1. The molecule has 0 aliphatic carbocycles. The summed E-state index contributed by atoms with van der Waals surface area (Å²) in [5.74, 6) is -0.243. The first-order valence-electron chi connectivity index (χ1n) is 6.92. The summed E-state index contributed by atoms with van der Waals surface area (Å²) in [6.07, 6.45) is 3.19. The number of benzene rings is 1. The van der Waals surface area contributed by atoms with Crippen molar-refractivity contribution in [3.8, 4) is 0 Å². The number of anilines is 1. The Morgan fingerprint density at radius 2 is 1.90 bits per heavy atom. The molecule has 1 aliphatic rings. The largest absolute Gasteiger partial charge is 0.366 e. The number of rotatable bonds is 2. The molecule has 2 heterocycles. The maximum atomic E-state index is 13.8. The third-order valence-corrected chi connectivity index (χ3v) is 3.80. The molecule has 1 aliphatic heterocycles. The van der Waals surface area contributed by atoms with Gasteiger partial charge < -0.3 is 14.4 Å². The van der Waals surface area contributed by atoms with Crippen LogP contribution in [0.25, 0.3) is 0 Å². The molecular formula is C15H17FN4O. The van der Waals surface area contributed by atoms with Crippen molar-refractivity contribution >= 4 is 11.6 Å². The molecule has 5 nitrogen and oxygen atoms in total. The van der Waals surface area contributed by atoms with E-state index in [4.69, 9.17) is 0 Å². The van der Waals surface area contributed by atoms with Crippen molar-refractivity contribution in [2.75, 3.05) is 31.1 Å². The number of hydrogen-bond donors (Lipinski definition) is 0. The van der Waals surface area contributed by atoms with E-state index in [0.29, 0.717) is 37.6 Å². The molecule has 3 rings (SSSR count). The number of para-hydroxylation sites is 1. The molecule has 21 heavy (non-hydrogen) atoms. The molecule has 1 fully saturated rings. The highest BCUT2D eigenvalue weighted by Gasteiger charge is 2.24. The number of carbonyl (C=O) groups excluding carboxylic acids is 1. The van der Waals surface area contributed by atoms with Crippen molar-refractivity contribution in [3.05, 3.63) is 48.3 Å². The third kappa shape index (κ3) is 2.61. The van der Waals surface area contributed by atoms with E-state index in [1.54, 1.807) is 41.2 Å². The number of amides is 1. The van der Waals surface area contributed by atoms with Crippen LogP contribution in [-0.2, 0) is 7.05 Å². The van der Waals surface area contributed by atoms with Crippen LogP contribution in [0.4, 0.5) is 10.1 Å². The monoisotopic (exact) mass is 288 g/mol. The van der Waals surface area contributed by atoms with Gasteiger partial charge in [0.2, 0.25) is 0 Å². The summed E-state index contributed by atoms with van der Waals surface area (Å²) in [7, 11) is 1.80. The van der Waals surface area contributed by atoms with Gasteiger partial charge in [-0.15, -0.1) is 0 Å². The number of piperazine rings is 1. The van der Waals surface area contributed by atoms with Crippen molar-refractivity contribution in [1.29, 1.82) is 0 Å². The average molecular weight is 288 g/mol. The second-order valence-corrected chi connectivity index (χ2v) is 5.12. The van der Waals surface area contributed by atoms with Gasteiger partial charge in [-0.25, -0.2) is 9.37 Å². The van der Waals surface area contributed by atoms with Crippen molar-refractivity contribution in [2.45, 2.75) is 0 Å². The van der Waals surface area contributed by atoms with E-state index in [2.05, 4.69) is 4.98 Å². The Morgan fingerprint density at radius 3 is 2.52 bits per heavy atom. The summed E-state index contributed by atoms with van der Waals surface area (Å²) >= 11 is 0. The van der Waals surface area contributed by atoms with E-state index in [0.717, 1.165) is 0 Å². The Morgan fingerprint density at radius 1 is 1.19 bits per heavy atom. The minimum atomic E-state index is -0.219. The van der Waals surface area contributed by atoms with Crippen LogP contribution < -0.4 is 4.90 Å². The molecule has 0 radical (unpaired) electrons. The van der Waals surface area contributed by atoms with Crippen LogP contribution in [0.3, 0.4) is 0 Å². The lowest BCUT2D eigenvalue weighted by Gasteiger charge is -2.36. The van der Waals surface area contributed by atoms with Gasteiger partial charge in [-0.1, -0.05) is 12.1 Å². The lowest BCUT2D eigenvalue weighted by Crippen LogP contribution is -2.49. The Labute approximate surface area is 122 Å². The predicted octanol–water partition coefficient (Wildman–Crippen LogP) is 1.52. The third-order valence-electron chi connectivity index (χ3n) is 3.80. The molecular weight excluding hydrogens is 271 g/mol. The maximum absolute atomic E-state index is 13.8. The average Bonchev–Trinajstić information content (AvgIpc) is 2.93. The Bertz CT molecular complexity index is 647. The first kappa shape index (κ1) is 13.6. The Kier molecular flexibility index (Phi) is 3.60. The van der Waals surface area contributed by atoms with Crippen molar-refractivity contribution in [3.63, 3.8) is 0 Å². The van der Waals surface area contributed by atoms with Crippen LogP contribution in [0.1, 0.15) is 10.5 Å². The molecule has 0 spiro atoms. The molecule has 0 bridgehead atoms. The SMILES string of the molecule is Cn1cncc1C(=O)N1CCN(c2ccccc2F)CC1. The summed E-state index contributed by atoms with van der Waals surface area (Å²) in [5, 5.41) is 0. The van der Waals surface area contributed by atoms with E-state index in [1.165, 1.54) is 6.07 Å². The Balaban J connectivity index is 1.67. The highest BCUT2D eigenvalue weighted by atomic mass is 19.1. The topological polar surface area (TPSA) is 41.4 Å². The molecule has 0 saturated carbocycles. The fourth-order valence-electron chi connectivity index (χ4n) is 2.58. The number of nitrogens with zero attached hydrogens (tertiary/aromatic N) is 4. The molecule has 1 aromatic carbocycles. The number of aromatic nitrogens is 2. The number of aryl methyl sites for hydroxylation is 1.